The number of hydrogen-bond acceptors (Lipinski definition) is 12. The fourth-order valence-corrected chi connectivity index (χ4v) is 0. The molecule has 0 fully saturated rings. The zero-order chi connectivity index (χ0) is 13.5. The van der Waals surface area contributed by atoms with Crippen molar-refractivity contribution >= 4 is 31.2 Å². The van der Waals surface area contributed by atoms with E-state index in [2.05, 4.69) is 0 Å². The SMILES string of the molecule is O.O=S(=O)([O-])[O-].O=S(=O)([O-])[O-].O=S(=O)([O-])[O-].[Ti+3].[Ti+3]. The van der Waals surface area contributed by atoms with Crippen molar-refractivity contribution in [2.75, 3.05) is 0 Å². The maximum Gasteiger partial charge on any atom is 3.00 e. The molecule has 0 aromatic heterocycles. The van der Waals surface area contributed by atoms with Gasteiger partial charge < -0.3 is 32.8 Å². The molecule has 0 bridgehead atoms. The second-order valence-electron chi connectivity index (χ2n) is 1.22. The van der Waals surface area contributed by atoms with E-state index in [1.54, 1.807) is 0 Å². The third kappa shape index (κ3) is 4360. The molecular formula is H2O13S3Ti2. The van der Waals surface area contributed by atoms with E-state index < -0.39 is 31.2 Å². The van der Waals surface area contributed by atoms with Gasteiger partial charge in [-0.25, -0.2) is 0 Å². The Morgan fingerprint density at radius 1 is 0.444 bits per heavy atom. The summed E-state index contributed by atoms with van der Waals surface area (Å²) in [6.07, 6.45) is 0. The van der Waals surface area contributed by atoms with Crippen LogP contribution < -0.4 is 0 Å². The van der Waals surface area contributed by atoms with Gasteiger partial charge in [0.1, 0.15) is 0 Å². The van der Waals surface area contributed by atoms with Crippen LogP contribution in [0.2, 0.25) is 0 Å². The van der Waals surface area contributed by atoms with Gasteiger partial charge >= 0.3 is 43.4 Å². The first-order chi connectivity index (χ1) is 6.00. The quantitative estimate of drug-likeness (QED) is 0.209. The Kier molecular flexibility index (Phi) is 29.2. The molecule has 0 atom stereocenters. The molecule has 0 heterocycles. The van der Waals surface area contributed by atoms with Crippen LogP contribution in [-0.2, 0) is 74.6 Å². The van der Waals surface area contributed by atoms with Crippen LogP contribution in [-0.4, -0.2) is 58.0 Å². The molecule has 18 heteroatoms. The van der Waals surface area contributed by atoms with Crippen molar-refractivity contribution in [2.45, 2.75) is 0 Å². The summed E-state index contributed by atoms with van der Waals surface area (Å²) in [7, 11) is -15.5. The average molecular weight is 402 g/mol. The number of rotatable bonds is 0. The smallest absolute Gasteiger partial charge is 0.759 e. The van der Waals surface area contributed by atoms with Gasteiger partial charge in [0.05, 0.1) is 0 Å². The van der Waals surface area contributed by atoms with Crippen molar-refractivity contribution in [3.05, 3.63) is 0 Å². The van der Waals surface area contributed by atoms with Crippen LogP contribution in [0.3, 0.4) is 0 Å². The molecule has 0 saturated heterocycles. The van der Waals surface area contributed by atoms with E-state index in [9.17, 15) is 0 Å². The standard InChI is InChI=1S/3H2O4S.H2O.2Ti/c3*1-5(2,3)4;;;/h3*(H2,1,2,3,4);1H2;;/q;;;;2*+3/p-6. The molecule has 0 rings (SSSR count). The largest absolute Gasteiger partial charge is 3.00 e. The van der Waals surface area contributed by atoms with Gasteiger partial charge in [-0.1, -0.05) is 0 Å². The predicted molar refractivity (Wildman–Crippen MR) is 35.0 cm³/mol. The van der Waals surface area contributed by atoms with E-state index in [1.165, 1.54) is 0 Å². The van der Waals surface area contributed by atoms with Crippen molar-refractivity contribution in [3.8, 4) is 0 Å². The minimum atomic E-state index is -5.17. The Morgan fingerprint density at radius 3 is 0.444 bits per heavy atom. The molecule has 18 heavy (non-hydrogen) atoms. The van der Waals surface area contributed by atoms with E-state index in [0.29, 0.717) is 0 Å². The van der Waals surface area contributed by atoms with Gasteiger partial charge in [-0.2, -0.15) is 0 Å². The average Bonchev–Trinajstić information content (AvgIpc) is 1.41. The summed E-state index contributed by atoms with van der Waals surface area (Å²) in [6, 6.07) is 0. The zero-order valence-electron chi connectivity index (χ0n) is 7.62. The second kappa shape index (κ2) is 14.4. The summed E-state index contributed by atoms with van der Waals surface area (Å²) in [4.78, 5) is 0. The molecule has 0 spiro atoms. The minimum Gasteiger partial charge on any atom is -0.759 e. The van der Waals surface area contributed by atoms with Crippen LogP contribution in [0.4, 0.5) is 0 Å². The predicted octanol–water partition coefficient (Wildman–Crippen LogP) is -4.84. The molecule has 0 aromatic rings. The van der Waals surface area contributed by atoms with Gasteiger partial charge in [0, 0.05) is 31.2 Å². The molecule has 2 radical (unpaired) electrons. The summed E-state index contributed by atoms with van der Waals surface area (Å²) < 4.78 is 102. The van der Waals surface area contributed by atoms with Gasteiger partial charge in [0.2, 0.25) is 0 Å². The first kappa shape index (κ1) is 36.4. The second-order valence-corrected chi connectivity index (χ2v) is 3.67. The Balaban J connectivity index is -0.0000000277. The number of hydrogen-bond donors (Lipinski definition) is 0. The maximum atomic E-state index is 8.52. The van der Waals surface area contributed by atoms with Crippen LogP contribution in [0.15, 0.2) is 0 Å². The normalized spacial score (nSPS) is 9.67. The monoisotopic (exact) mass is 402 g/mol. The first-order valence-corrected chi connectivity index (χ1v) is 6.00. The summed E-state index contributed by atoms with van der Waals surface area (Å²) in [5.41, 5.74) is 0. The van der Waals surface area contributed by atoms with Crippen LogP contribution in [0.1, 0.15) is 0 Å². The van der Waals surface area contributed by atoms with Crippen molar-refractivity contribution in [3.63, 3.8) is 0 Å². The van der Waals surface area contributed by atoms with Gasteiger partial charge in [-0.15, -0.1) is 0 Å². The minimum absolute atomic E-state index is 0. The Bertz CT molecular complexity index is 341. The Hall–Kier alpha value is 0.999. The van der Waals surface area contributed by atoms with E-state index in [0.717, 1.165) is 0 Å². The van der Waals surface area contributed by atoms with E-state index in [4.69, 9.17) is 52.6 Å². The fourth-order valence-electron chi connectivity index (χ4n) is 0. The van der Waals surface area contributed by atoms with Gasteiger partial charge in [0.25, 0.3) is 0 Å². The molecule has 0 amide bonds. The van der Waals surface area contributed by atoms with Crippen LogP contribution in [0, 0.1) is 0 Å². The fraction of sp³-hybridized carbons (Fsp3) is 0. The summed E-state index contributed by atoms with van der Waals surface area (Å²) >= 11 is 0. The first-order valence-electron chi connectivity index (χ1n) is 2.00. The van der Waals surface area contributed by atoms with Gasteiger partial charge in [0.15, 0.2) is 0 Å². The molecule has 2 N–H and O–H groups in total. The molecule has 0 aliphatic carbocycles. The van der Waals surface area contributed by atoms with Crippen molar-refractivity contribution in [1.82, 2.24) is 0 Å². The van der Waals surface area contributed by atoms with Gasteiger partial charge in [-0.3, -0.25) is 25.3 Å². The topological polar surface area (TPSA) is 272 Å². The molecule has 0 unspecified atom stereocenters. The summed E-state index contributed by atoms with van der Waals surface area (Å²) in [6.45, 7) is 0. The van der Waals surface area contributed by atoms with Crippen molar-refractivity contribution < 1.29 is 101 Å². The van der Waals surface area contributed by atoms with Crippen LogP contribution in [0.25, 0.3) is 0 Å². The van der Waals surface area contributed by atoms with E-state index in [1.807, 2.05) is 0 Å². The molecule has 106 valence electrons. The molecule has 13 nitrogen and oxygen atoms in total. The third-order valence-corrected chi connectivity index (χ3v) is 0. The maximum absolute atomic E-state index is 8.52. The van der Waals surface area contributed by atoms with E-state index in [-0.39, 0.29) is 48.9 Å². The van der Waals surface area contributed by atoms with Gasteiger partial charge in [-0.05, 0) is 0 Å². The molecule has 0 aromatic carbocycles. The molecular weight excluding hydrogens is 400 g/mol. The third-order valence-electron chi connectivity index (χ3n) is 0. The van der Waals surface area contributed by atoms with Crippen molar-refractivity contribution in [1.29, 1.82) is 0 Å². The molecule has 0 saturated carbocycles. The van der Waals surface area contributed by atoms with Crippen LogP contribution in [0.5, 0.6) is 0 Å². The van der Waals surface area contributed by atoms with E-state index >= 15 is 0 Å². The molecule has 0 aliphatic rings. The molecule has 0 aliphatic heterocycles. The summed E-state index contributed by atoms with van der Waals surface area (Å²) in [5, 5.41) is 0. The zero-order valence-corrected chi connectivity index (χ0v) is 13.2. The van der Waals surface area contributed by atoms with Crippen molar-refractivity contribution in [2.24, 2.45) is 0 Å². The van der Waals surface area contributed by atoms with Crippen LogP contribution >= 0.6 is 0 Å². The Labute approximate surface area is 132 Å². The Morgan fingerprint density at radius 2 is 0.444 bits per heavy atom. The summed E-state index contributed by atoms with van der Waals surface area (Å²) in [5.74, 6) is 0.